The lowest BCUT2D eigenvalue weighted by Crippen LogP contribution is -2.46. The van der Waals surface area contributed by atoms with Gasteiger partial charge in [0.25, 0.3) is 5.56 Å². The summed E-state index contributed by atoms with van der Waals surface area (Å²) in [7, 11) is 1.47. The van der Waals surface area contributed by atoms with Crippen molar-refractivity contribution in [2.24, 2.45) is 5.92 Å². The van der Waals surface area contributed by atoms with E-state index >= 15 is 0 Å². The minimum Gasteiger partial charge on any atom is -0.481 e. The van der Waals surface area contributed by atoms with E-state index in [2.05, 4.69) is 15.3 Å². The third-order valence-corrected chi connectivity index (χ3v) is 6.35. The van der Waals surface area contributed by atoms with E-state index in [0.717, 1.165) is 5.56 Å². The number of carboxylic acids is 1. The normalized spacial score (nSPS) is 15.8. The van der Waals surface area contributed by atoms with E-state index in [0.29, 0.717) is 11.9 Å². The predicted molar refractivity (Wildman–Crippen MR) is 130 cm³/mol. The van der Waals surface area contributed by atoms with Crippen molar-refractivity contribution < 1.29 is 23.5 Å². The number of nitrogens with one attached hydrogen (secondary N) is 1. The van der Waals surface area contributed by atoms with Gasteiger partial charge >= 0.3 is 5.97 Å². The van der Waals surface area contributed by atoms with Crippen LogP contribution in [0.15, 0.2) is 47.3 Å². The molecule has 1 fully saturated rings. The molecule has 0 bridgehead atoms. The molecule has 2 N–H and O–H groups in total. The summed E-state index contributed by atoms with van der Waals surface area (Å²) in [5.74, 6) is -4.87. The number of fused-ring (bicyclic) bond motifs is 1. The van der Waals surface area contributed by atoms with E-state index in [9.17, 15) is 23.2 Å². The van der Waals surface area contributed by atoms with E-state index in [1.165, 1.54) is 16.5 Å². The van der Waals surface area contributed by atoms with Crippen LogP contribution < -0.4 is 15.8 Å². The molecular formula is C25H27F2N5O4. The number of hydrogen-bond acceptors (Lipinski definition) is 6. The van der Waals surface area contributed by atoms with E-state index < -0.39 is 48.2 Å². The monoisotopic (exact) mass is 499 g/mol. The molecule has 36 heavy (non-hydrogen) atoms. The van der Waals surface area contributed by atoms with Gasteiger partial charge in [-0.15, -0.1) is 0 Å². The van der Waals surface area contributed by atoms with Crippen molar-refractivity contribution in [1.29, 1.82) is 0 Å². The summed E-state index contributed by atoms with van der Waals surface area (Å²) in [5, 5.41) is 11.8. The number of aromatic nitrogens is 3. The van der Waals surface area contributed by atoms with Gasteiger partial charge in [0, 0.05) is 32.4 Å². The fraction of sp³-hybridized carbons (Fsp3) is 0.400. The number of carbonyl (C=O) groups excluding carboxylic acids is 1. The van der Waals surface area contributed by atoms with Gasteiger partial charge in [0.2, 0.25) is 11.8 Å². The smallest absolute Gasteiger partial charge is 0.305 e. The van der Waals surface area contributed by atoms with Crippen LogP contribution in [0.5, 0.6) is 0 Å². The number of halogens is 2. The molecule has 1 aliphatic carbocycles. The number of aliphatic carboxylic acids is 1. The maximum Gasteiger partial charge on any atom is 0.305 e. The number of pyridine rings is 1. The maximum absolute atomic E-state index is 13.6. The zero-order valence-electron chi connectivity index (χ0n) is 19.9. The summed E-state index contributed by atoms with van der Waals surface area (Å²) in [6, 6.07) is 12.1. The molecule has 9 nitrogen and oxygen atoms in total. The molecular weight excluding hydrogens is 472 g/mol. The molecule has 0 saturated heterocycles. The van der Waals surface area contributed by atoms with Crippen LogP contribution in [-0.2, 0) is 9.59 Å². The molecule has 3 aromatic rings. The molecule has 0 aliphatic heterocycles. The third kappa shape index (κ3) is 5.05. The molecule has 0 unspecified atom stereocenters. The second kappa shape index (κ2) is 10.00. The highest BCUT2D eigenvalue weighted by atomic mass is 19.3. The second-order valence-corrected chi connectivity index (χ2v) is 8.91. The number of hydrogen-bond donors (Lipinski definition) is 2. The Hall–Kier alpha value is -3.89. The van der Waals surface area contributed by atoms with Crippen molar-refractivity contribution in [3.8, 4) is 0 Å². The quantitative estimate of drug-likeness (QED) is 0.461. The number of alkyl halides is 2. The summed E-state index contributed by atoms with van der Waals surface area (Å²) >= 11 is 0. The SMILES string of the molecule is CC[C@@H](c1ccccc1)n1c(=O)c(NCCC(=O)O)nc2ccc(N(C)C(=O)C3CC(F)(F)C3)nc21. The van der Waals surface area contributed by atoms with Gasteiger partial charge in [-0.1, -0.05) is 37.3 Å². The van der Waals surface area contributed by atoms with Crippen LogP contribution in [0.2, 0.25) is 0 Å². The summed E-state index contributed by atoms with van der Waals surface area (Å²) < 4.78 is 28.1. The van der Waals surface area contributed by atoms with Gasteiger partial charge in [-0.3, -0.25) is 23.9 Å². The summed E-state index contributed by atoms with van der Waals surface area (Å²) in [4.78, 5) is 47.4. The molecule has 1 amide bonds. The first kappa shape index (κ1) is 25.2. The van der Waals surface area contributed by atoms with Gasteiger partial charge in [0.15, 0.2) is 11.5 Å². The first-order chi connectivity index (χ1) is 17.1. The van der Waals surface area contributed by atoms with Gasteiger partial charge in [0.1, 0.15) is 11.3 Å². The van der Waals surface area contributed by atoms with Gasteiger partial charge in [-0.05, 0) is 24.1 Å². The fourth-order valence-corrected chi connectivity index (χ4v) is 4.42. The van der Waals surface area contributed by atoms with Crippen LogP contribution in [0.3, 0.4) is 0 Å². The summed E-state index contributed by atoms with van der Waals surface area (Å²) in [6.45, 7) is 1.93. The number of carboxylic acid groups (broad SMARTS) is 1. The molecule has 0 radical (unpaired) electrons. The fourth-order valence-electron chi connectivity index (χ4n) is 4.42. The van der Waals surface area contributed by atoms with Crippen molar-refractivity contribution >= 4 is 34.7 Å². The molecule has 1 atom stereocenters. The van der Waals surface area contributed by atoms with Crippen LogP contribution in [0, 0.1) is 5.92 Å². The highest BCUT2D eigenvalue weighted by Gasteiger charge is 2.49. The maximum atomic E-state index is 13.6. The molecule has 4 rings (SSSR count). The number of amides is 1. The Morgan fingerprint density at radius 1 is 1.19 bits per heavy atom. The number of nitrogens with zero attached hydrogens (tertiary/aromatic N) is 4. The Bertz CT molecular complexity index is 1340. The Kier molecular flexibility index (Phi) is 7.00. The average molecular weight is 500 g/mol. The zero-order chi connectivity index (χ0) is 26.0. The Morgan fingerprint density at radius 3 is 2.50 bits per heavy atom. The van der Waals surface area contributed by atoms with E-state index in [1.807, 2.05) is 37.3 Å². The van der Waals surface area contributed by atoms with Crippen molar-refractivity contribution in [2.75, 3.05) is 23.8 Å². The van der Waals surface area contributed by atoms with Gasteiger partial charge in [-0.2, -0.15) is 0 Å². The van der Waals surface area contributed by atoms with Crippen LogP contribution in [0.4, 0.5) is 20.4 Å². The summed E-state index contributed by atoms with van der Waals surface area (Å²) in [6.07, 6.45) is -0.643. The summed E-state index contributed by atoms with van der Waals surface area (Å²) in [5.41, 5.74) is 0.970. The van der Waals surface area contributed by atoms with Crippen LogP contribution in [-0.4, -0.2) is 51.0 Å². The lowest BCUT2D eigenvalue weighted by atomic mass is 9.80. The second-order valence-electron chi connectivity index (χ2n) is 8.91. The van der Waals surface area contributed by atoms with E-state index in [1.54, 1.807) is 12.1 Å². The molecule has 2 heterocycles. The van der Waals surface area contributed by atoms with E-state index in [4.69, 9.17) is 5.11 Å². The van der Waals surface area contributed by atoms with Crippen LogP contribution >= 0.6 is 0 Å². The highest BCUT2D eigenvalue weighted by molar-refractivity contribution is 5.95. The molecule has 190 valence electrons. The molecule has 0 spiro atoms. The number of anilines is 2. The minimum absolute atomic E-state index is 0.00573. The average Bonchev–Trinajstić information content (AvgIpc) is 2.84. The number of benzene rings is 1. The first-order valence-electron chi connectivity index (χ1n) is 11.7. The molecule has 1 aromatic carbocycles. The van der Waals surface area contributed by atoms with Crippen molar-refractivity contribution in [3.05, 3.63) is 58.4 Å². The Morgan fingerprint density at radius 2 is 1.89 bits per heavy atom. The van der Waals surface area contributed by atoms with Crippen molar-refractivity contribution in [1.82, 2.24) is 14.5 Å². The van der Waals surface area contributed by atoms with Crippen molar-refractivity contribution in [3.63, 3.8) is 0 Å². The standard InChI is InChI=1S/C25H27F2N5O4/c1-3-18(15-7-5-4-6-8-15)32-22-17(29-21(24(32)36)28-12-11-20(33)34)9-10-19(30-22)31(2)23(35)16-13-25(26,27)14-16/h4-10,16,18H,3,11-14H2,1-2H3,(H,28,29)(H,33,34)/t18-/m0/s1. The lowest BCUT2D eigenvalue weighted by Gasteiger charge is -2.35. The van der Waals surface area contributed by atoms with Crippen LogP contribution in [0.1, 0.15) is 44.2 Å². The van der Waals surface area contributed by atoms with E-state index in [-0.39, 0.29) is 30.2 Å². The molecule has 11 heteroatoms. The largest absolute Gasteiger partial charge is 0.481 e. The third-order valence-electron chi connectivity index (χ3n) is 6.35. The zero-order valence-corrected chi connectivity index (χ0v) is 19.9. The predicted octanol–water partition coefficient (Wildman–Crippen LogP) is 3.69. The highest BCUT2D eigenvalue weighted by Crippen LogP contribution is 2.43. The minimum atomic E-state index is -2.82. The topological polar surface area (TPSA) is 117 Å². The number of rotatable bonds is 9. The van der Waals surface area contributed by atoms with Crippen LogP contribution in [0.25, 0.3) is 11.2 Å². The van der Waals surface area contributed by atoms with Gasteiger partial charge in [0.05, 0.1) is 12.5 Å². The van der Waals surface area contributed by atoms with Gasteiger partial charge < -0.3 is 10.4 Å². The Labute approximate surface area is 205 Å². The molecule has 2 aromatic heterocycles. The Balaban J connectivity index is 1.80. The molecule has 1 aliphatic rings. The van der Waals surface area contributed by atoms with Gasteiger partial charge in [-0.25, -0.2) is 18.7 Å². The lowest BCUT2D eigenvalue weighted by molar-refractivity contribution is -0.147. The number of carbonyl (C=O) groups is 2. The first-order valence-corrected chi connectivity index (χ1v) is 11.7. The van der Waals surface area contributed by atoms with Crippen molar-refractivity contribution in [2.45, 2.75) is 44.6 Å². The molecule has 1 saturated carbocycles.